The lowest BCUT2D eigenvalue weighted by molar-refractivity contribution is -0.304. The van der Waals surface area contributed by atoms with Crippen LogP contribution in [0.2, 0.25) is 0 Å². The monoisotopic (exact) mass is 551 g/mol. The number of unbranched alkanes of at least 4 members (excludes halogenated alkanes) is 13. The molecule has 0 bridgehead atoms. The predicted octanol–water partition coefficient (Wildman–Crippen LogP) is 1.61. The van der Waals surface area contributed by atoms with E-state index in [4.69, 9.17) is 14.2 Å². The Balaban J connectivity index is 1.90. The summed E-state index contributed by atoms with van der Waals surface area (Å²) in [5, 5.41) is 61.7. The zero-order chi connectivity index (χ0) is 28.0. The summed E-state index contributed by atoms with van der Waals surface area (Å²) in [6, 6.07) is 0. The van der Waals surface area contributed by atoms with Crippen molar-refractivity contribution in [1.29, 1.82) is 0 Å². The van der Waals surface area contributed by atoms with Crippen LogP contribution in [0.1, 0.15) is 96.8 Å². The van der Waals surface area contributed by atoms with Crippen molar-refractivity contribution in [3.05, 3.63) is 0 Å². The van der Waals surface area contributed by atoms with Crippen LogP contribution in [0.3, 0.4) is 0 Å². The van der Waals surface area contributed by atoms with Gasteiger partial charge in [-0.1, -0.05) is 90.4 Å². The highest BCUT2D eigenvalue weighted by molar-refractivity contribution is 4.89. The average molecular weight is 552 g/mol. The molecule has 7 N–H and O–H groups in total. The molecule has 1 aliphatic rings. The molecule has 0 aromatic carbocycles. The fraction of sp³-hybridized carbons (Fsp3) is 1.00. The first-order valence-electron chi connectivity index (χ1n) is 15.0. The molecule has 0 aromatic heterocycles. The Bertz CT molecular complexity index is 529. The van der Waals surface area contributed by atoms with E-state index < -0.39 is 49.5 Å². The standard InChI is InChI=1S/C28H57NO9/c1-2-3-4-5-6-7-8-9-10-11-12-13-14-15-16-36-20-22(31)17-29-18-23(32)21-37-28-27(35)26(34)25(33)24(19-30)38-28/h22-35H,2-21H2,1H3/t22?,23?,24-,25-,26+,27-,28?/m1/s1. The first kappa shape index (κ1) is 35.6. The van der Waals surface area contributed by atoms with Gasteiger partial charge in [0, 0.05) is 19.7 Å². The topological polar surface area (TPSA) is 161 Å². The third-order valence-electron chi connectivity index (χ3n) is 7.01. The second-order valence-corrected chi connectivity index (χ2v) is 10.7. The summed E-state index contributed by atoms with van der Waals surface area (Å²) in [6.07, 6.45) is 9.87. The normalized spacial score (nSPS) is 25.5. The lowest BCUT2D eigenvalue weighted by Crippen LogP contribution is -2.59. The number of aliphatic hydroxyl groups is 6. The van der Waals surface area contributed by atoms with Crippen molar-refractivity contribution in [3.63, 3.8) is 0 Å². The van der Waals surface area contributed by atoms with Crippen molar-refractivity contribution in [3.8, 4) is 0 Å². The minimum atomic E-state index is -1.53. The van der Waals surface area contributed by atoms with Gasteiger partial charge in [0.2, 0.25) is 0 Å². The fourth-order valence-corrected chi connectivity index (χ4v) is 4.56. The Morgan fingerprint density at radius 1 is 0.684 bits per heavy atom. The van der Waals surface area contributed by atoms with Crippen LogP contribution in [-0.2, 0) is 14.2 Å². The van der Waals surface area contributed by atoms with E-state index >= 15 is 0 Å². The minimum absolute atomic E-state index is 0.132. The Labute approximate surface area is 229 Å². The van der Waals surface area contributed by atoms with Crippen molar-refractivity contribution in [2.24, 2.45) is 0 Å². The van der Waals surface area contributed by atoms with Crippen molar-refractivity contribution in [2.45, 2.75) is 140 Å². The molecular formula is C28H57NO9. The van der Waals surface area contributed by atoms with Gasteiger partial charge in [0.05, 0.1) is 32.0 Å². The van der Waals surface area contributed by atoms with Gasteiger partial charge in [-0.15, -0.1) is 0 Å². The van der Waals surface area contributed by atoms with Crippen molar-refractivity contribution >= 4 is 0 Å². The Morgan fingerprint density at radius 2 is 1.18 bits per heavy atom. The van der Waals surface area contributed by atoms with Gasteiger partial charge in [-0.2, -0.15) is 0 Å². The summed E-state index contributed by atoms with van der Waals surface area (Å²) < 4.78 is 16.1. The molecule has 7 atom stereocenters. The summed E-state index contributed by atoms with van der Waals surface area (Å²) in [7, 11) is 0. The summed E-state index contributed by atoms with van der Waals surface area (Å²) in [5.74, 6) is 0. The van der Waals surface area contributed by atoms with Crippen LogP contribution in [0.5, 0.6) is 0 Å². The van der Waals surface area contributed by atoms with Gasteiger partial charge in [-0.25, -0.2) is 0 Å². The second-order valence-electron chi connectivity index (χ2n) is 10.7. The number of hydrogen-bond donors (Lipinski definition) is 7. The van der Waals surface area contributed by atoms with E-state index in [9.17, 15) is 30.6 Å². The number of rotatable bonds is 25. The van der Waals surface area contributed by atoms with Gasteiger partial charge >= 0.3 is 0 Å². The largest absolute Gasteiger partial charge is 0.394 e. The fourth-order valence-electron chi connectivity index (χ4n) is 4.56. The molecule has 10 heteroatoms. The van der Waals surface area contributed by atoms with Gasteiger partial charge in [0.15, 0.2) is 6.29 Å². The molecular weight excluding hydrogens is 494 g/mol. The minimum Gasteiger partial charge on any atom is -0.394 e. The number of ether oxygens (including phenoxy) is 3. The lowest BCUT2D eigenvalue weighted by atomic mass is 9.99. The van der Waals surface area contributed by atoms with Crippen LogP contribution >= 0.6 is 0 Å². The molecule has 0 spiro atoms. The quantitative estimate of drug-likeness (QED) is 0.0830. The van der Waals surface area contributed by atoms with Gasteiger partial charge < -0.3 is 50.2 Å². The smallest absolute Gasteiger partial charge is 0.186 e. The molecule has 0 aromatic rings. The van der Waals surface area contributed by atoms with E-state index in [0.717, 1.165) is 12.8 Å². The van der Waals surface area contributed by atoms with Gasteiger partial charge in [0.25, 0.3) is 0 Å². The zero-order valence-electron chi connectivity index (χ0n) is 23.6. The number of hydrogen-bond acceptors (Lipinski definition) is 10. The molecule has 1 rings (SSSR count). The third kappa shape index (κ3) is 16.6. The van der Waals surface area contributed by atoms with E-state index in [1.807, 2.05) is 0 Å². The van der Waals surface area contributed by atoms with E-state index in [0.29, 0.717) is 6.61 Å². The zero-order valence-corrected chi connectivity index (χ0v) is 23.6. The molecule has 1 fully saturated rings. The first-order chi connectivity index (χ1) is 18.4. The first-order valence-corrected chi connectivity index (χ1v) is 15.0. The molecule has 3 unspecified atom stereocenters. The summed E-state index contributed by atoms with van der Waals surface area (Å²) in [6.45, 7) is 2.74. The molecule has 0 radical (unpaired) electrons. The SMILES string of the molecule is CCCCCCCCCCCCCCCCOCC(O)CNCC(O)COC1O[C@H](CO)[C@@H](O)[C@H](O)[C@H]1O. The van der Waals surface area contributed by atoms with Crippen LogP contribution in [0.4, 0.5) is 0 Å². The van der Waals surface area contributed by atoms with E-state index in [2.05, 4.69) is 12.2 Å². The van der Waals surface area contributed by atoms with Crippen molar-refractivity contribution < 1.29 is 44.8 Å². The molecule has 1 heterocycles. The van der Waals surface area contributed by atoms with Crippen LogP contribution in [0, 0.1) is 0 Å². The molecule has 38 heavy (non-hydrogen) atoms. The highest BCUT2D eigenvalue weighted by Crippen LogP contribution is 2.22. The van der Waals surface area contributed by atoms with E-state index in [1.54, 1.807) is 0 Å². The van der Waals surface area contributed by atoms with Gasteiger partial charge in [-0.05, 0) is 6.42 Å². The highest BCUT2D eigenvalue weighted by atomic mass is 16.7. The molecule has 0 amide bonds. The average Bonchev–Trinajstić information content (AvgIpc) is 2.91. The molecule has 228 valence electrons. The van der Waals surface area contributed by atoms with Crippen LogP contribution in [-0.4, -0.2) is 113 Å². The van der Waals surface area contributed by atoms with Gasteiger partial charge in [-0.3, -0.25) is 0 Å². The lowest BCUT2D eigenvalue weighted by Gasteiger charge is -2.39. The summed E-state index contributed by atoms with van der Waals surface area (Å²) in [4.78, 5) is 0. The number of aliphatic hydroxyl groups excluding tert-OH is 6. The molecule has 10 nitrogen and oxygen atoms in total. The van der Waals surface area contributed by atoms with E-state index in [1.165, 1.54) is 77.0 Å². The van der Waals surface area contributed by atoms with Crippen molar-refractivity contribution in [1.82, 2.24) is 5.32 Å². The molecule has 1 saturated heterocycles. The van der Waals surface area contributed by atoms with Crippen LogP contribution < -0.4 is 5.32 Å². The second kappa shape index (κ2) is 23.3. The maximum absolute atomic E-state index is 10.0. The summed E-state index contributed by atoms with van der Waals surface area (Å²) >= 11 is 0. The van der Waals surface area contributed by atoms with Crippen LogP contribution in [0.25, 0.3) is 0 Å². The number of nitrogens with one attached hydrogen (secondary N) is 1. The molecule has 1 aliphatic heterocycles. The Hall–Kier alpha value is -0.400. The maximum atomic E-state index is 10.0. The van der Waals surface area contributed by atoms with Crippen LogP contribution in [0.15, 0.2) is 0 Å². The maximum Gasteiger partial charge on any atom is 0.186 e. The summed E-state index contributed by atoms with van der Waals surface area (Å²) in [5.41, 5.74) is 0. The predicted molar refractivity (Wildman–Crippen MR) is 146 cm³/mol. The highest BCUT2D eigenvalue weighted by Gasteiger charge is 2.44. The molecule has 0 aliphatic carbocycles. The third-order valence-corrected chi connectivity index (χ3v) is 7.01. The van der Waals surface area contributed by atoms with Gasteiger partial charge in [0.1, 0.15) is 24.4 Å². The Morgan fingerprint density at radius 3 is 1.71 bits per heavy atom. The molecule has 0 saturated carbocycles. The Kier molecular flexibility index (Phi) is 21.9. The van der Waals surface area contributed by atoms with E-state index in [-0.39, 0.29) is 26.3 Å². The van der Waals surface area contributed by atoms with Crippen molar-refractivity contribution in [2.75, 3.05) is 39.5 Å².